The summed E-state index contributed by atoms with van der Waals surface area (Å²) in [5.41, 5.74) is 5.87. The fourth-order valence-corrected chi connectivity index (χ4v) is 3.15. The maximum absolute atomic E-state index is 12.4. The van der Waals surface area contributed by atoms with E-state index in [-0.39, 0.29) is 16.5 Å². The molecule has 0 unspecified atom stereocenters. The summed E-state index contributed by atoms with van der Waals surface area (Å²) in [5, 5.41) is -0.111. The zero-order valence-corrected chi connectivity index (χ0v) is 12.6. The molecule has 114 valence electrons. The Morgan fingerprint density at radius 3 is 2.52 bits per heavy atom. The van der Waals surface area contributed by atoms with E-state index in [2.05, 4.69) is 9.71 Å². The van der Waals surface area contributed by atoms with Crippen molar-refractivity contribution in [3.63, 3.8) is 0 Å². The number of imidazole rings is 1. The number of benzene rings is 1. The van der Waals surface area contributed by atoms with Gasteiger partial charge in [0.1, 0.15) is 11.5 Å². The zero-order valence-electron chi connectivity index (χ0n) is 11.8. The summed E-state index contributed by atoms with van der Waals surface area (Å²) in [6.45, 7) is 0. The molecule has 0 spiro atoms. The number of nitrogens with two attached hydrogens (primary N) is 1. The maximum atomic E-state index is 12.4. The molecule has 1 heterocycles. The summed E-state index contributed by atoms with van der Waals surface area (Å²) in [5.74, 6) is 0.811. The summed E-state index contributed by atoms with van der Waals surface area (Å²) in [4.78, 5) is 3.76. The van der Waals surface area contributed by atoms with Gasteiger partial charge in [-0.2, -0.15) is 8.42 Å². The van der Waals surface area contributed by atoms with Gasteiger partial charge in [-0.25, -0.2) is 4.98 Å². The highest BCUT2D eigenvalue weighted by atomic mass is 32.2. The van der Waals surface area contributed by atoms with Crippen molar-refractivity contribution >= 4 is 21.5 Å². The van der Waals surface area contributed by atoms with Crippen LogP contribution in [0.3, 0.4) is 0 Å². The van der Waals surface area contributed by atoms with Crippen molar-refractivity contribution in [3.8, 4) is 11.5 Å². The molecule has 8 nitrogen and oxygen atoms in total. The Kier molecular flexibility index (Phi) is 3.94. The standard InChI is InChI=1S/C12H16N4O4S/c1-16-7-14-11(13)12(16)21(17,18)15-9-5-4-8(19-2)6-10(9)20-3/h4-7,15H,13H2,1-3H3. The van der Waals surface area contributed by atoms with Crippen LogP contribution >= 0.6 is 0 Å². The van der Waals surface area contributed by atoms with Gasteiger partial charge in [0.2, 0.25) is 0 Å². The minimum Gasteiger partial charge on any atom is -0.497 e. The van der Waals surface area contributed by atoms with E-state index < -0.39 is 10.0 Å². The second-order valence-corrected chi connectivity index (χ2v) is 5.82. The average molecular weight is 312 g/mol. The van der Waals surface area contributed by atoms with Gasteiger partial charge in [0.05, 0.1) is 26.2 Å². The Balaban J connectivity index is 2.42. The van der Waals surface area contributed by atoms with E-state index in [1.165, 1.54) is 25.1 Å². The first-order valence-electron chi connectivity index (χ1n) is 5.90. The van der Waals surface area contributed by atoms with E-state index in [0.717, 1.165) is 0 Å². The molecule has 0 saturated carbocycles. The zero-order chi connectivity index (χ0) is 15.6. The maximum Gasteiger partial charge on any atom is 0.281 e. The van der Waals surface area contributed by atoms with E-state index in [4.69, 9.17) is 15.2 Å². The number of ether oxygens (including phenoxy) is 2. The van der Waals surface area contributed by atoms with Gasteiger partial charge in [0.15, 0.2) is 10.8 Å². The van der Waals surface area contributed by atoms with E-state index in [1.54, 1.807) is 25.2 Å². The minimum atomic E-state index is -3.88. The summed E-state index contributed by atoms with van der Waals surface area (Å²) < 4.78 is 38.7. The number of anilines is 2. The monoisotopic (exact) mass is 312 g/mol. The van der Waals surface area contributed by atoms with Gasteiger partial charge in [0.25, 0.3) is 10.0 Å². The van der Waals surface area contributed by atoms with Gasteiger partial charge in [0, 0.05) is 13.1 Å². The summed E-state index contributed by atoms with van der Waals surface area (Å²) >= 11 is 0. The lowest BCUT2D eigenvalue weighted by atomic mass is 10.3. The molecule has 1 aromatic carbocycles. The highest BCUT2D eigenvalue weighted by Crippen LogP contribution is 2.31. The third-order valence-electron chi connectivity index (χ3n) is 2.82. The third-order valence-corrected chi connectivity index (χ3v) is 4.31. The number of rotatable bonds is 5. The number of nitrogens with one attached hydrogen (secondary N) is 1. The van der Waals surface area contributed by atoms with Gasteiger partial charge in [-0.15, -0.1) is 0 Å². The average Bonchev–Trinajstić information content (AvgIpc) is 2.78. The lowest BCUT2D eigenvalue weighted by Gasteiger charge is -2.13. The van der Waals surface area contributed by atoms with Crippen LogP contribution in [0.25, 0.3) is 0 Å². The first-order chi connectivity index (χ1) is 9.89. The predicted octanol–water partition coefficient (Wildman–Crippen LogP) is 0.820. The molecule has 21 heavy (non-hydrogen) atoms. The van der Waals surface area contributed by atoms with Gasteiger partial charge < -0.3 is 19.8 Å². The van der Waals surface area contributed by atoms with Crippen LogP contribution in [0.5, 0.6) is 11.5 Å². The van der Waals surface area contributed by atoms with E-state index in [9.17, 15) is 8.42 Å². The second kappa shape index (κ2) is 5.52. The summed E-state index contributed by atoms with van der Waals surface area (Å²) in [7, 11) is 0.610. The van der Waals surface area contributed by atoms with E-state index >= 15 is 0 Å². The molecule has 0 aliphatic heterocycles. The molecule has 0 amide bonds. The number of hydrogen-bond donors (Lipinski definition) is 2. The SMILES string of the molecule is COc1ccc(NS(=O)(=O)c2c(N)ncn2C)c(OC)c1. The summed E-state index contributed by atoms with van der Waals surface area (Å²) in [6.07, 6.45) is 1.33. The molecule has 3 N–H and O–H groups in total. The van der Waals surface area contributed by atoms with Gasteiger partial charge in [-0.1, -0.05) is 0 Å². The van der Waals surface area contributed by atoms with Crippen molar-refractivity contribution in [2.75, 3.05) is 24.7 Å². The molecular weight excluding hydrogens is 296 g/mol. The van der Waals surface area contributed by atoms with Crippen LogP contribution < -0.4 is 19.9 Å². The van der Waals surface area contributed by atoms with Crippen molar-refractivity contribution in [3.05, 3.63) is 24.5 Å². The number of nitrogens with zero attached hydrogens (tertiary/aromatic N) is 2. The highest BCUT2D eigenvalue weighted by Gasteiger charge is 2.23. The molecule has 9 heteroatoms. The molecule has 2 rings (SSSR count). The lowest BCUT2D eigenvalue weighted by molar-refractivity contribution is 0.395. The van der Waals surface area contributed by atoms with Crippen LogP contribution in [0.4, 0.5) is 11.5 Å². The van der Waals surface area contributed by atoms with Crippen molar-refractivity contribution in [2.45, 2.75) is 5.03 Å². The lowest BCUT2D eigenvalue weighted by Crippen LogP contribution is -2.18. The molecule has 2 aromatic rings. The van der Waals surface area contributed by atoms with Crippen molar-refractivity contribution < 1.29 is 17.9 Å². The third kappa shape index (κ3) is 2.87. The first kappa shape index (κ1) is 15.0. The Morgan fingerprint density at radius 1 is 1.29 bits per heavy atom. The first-order valence-corrected chi connectivity index (χ1v) is 7.39. The fraction of sp³-hybridized carbons (Fsp3) is 0.250. The Morgan fingerprint density at radius 2 is 2.00 bits per heavy atom. The number of nitrogen functional groups attached to an aromatic ring is 1. The Bertz CT molecular complexity index is 735. The molecule has 0 atom stereocenters. The van der Waals surface area contributed by atoms with Crippen LogP contribution in [-0.4, -0.2) is 32.2 Å². The van der Waals surface area contributed by atoms with Crippen LogP contribution in [0, 0.1) is 0 Å². The van der Waals surface area contributed by atoms with Crippen molar-refractivity contribution in [2.24, 2.45) is 7.05 Å². The highest BCUT2D eigenvalue weighted by molar-refractivity contribution is 7.92. The molecule has 0 aliphatic carbocycles. The molecular formula is C12H16N4O4S. The van der Waals surface area contributed by atoms with Crippen LogP contribution in [0.1, 0.15) is 0 Å². The van der Waals surface area contributed by atoms with Crippen molar-refractivity contribution in [1.82, 2.24) is 9.55 Å². The number of methoxy groups -OCH3 is 2. The van der Waals surface area contributed by atoms with E-state index in [1.807, 2.05) is 0 Å². The quantitative estimate of drug-likeness (QED) is 0.846. The minimum absolute atomic E-state index is 0.0718. The number of hydrogen-bond acceptors (Lipinski definition) is 6. The van der Waals surface area contributed by atoms with Crippen LogP contribution in [-0.2, 0) is 17.1 Å². The fourth-order valence-electron chi connectivity index (χ4n) is 1.84. The second-order valence-electron chi connectivity index (χ2n) is 4.22. The van der Waals surface area contributed by atoms with Gasteiger partial charge >= 0.3 is 0 Å². The number of sulfonamides is 1. The molecule has 1 aromatic heterocycles. The number of aryl methyl sites for hydroxylation is 1. The van der Waals surface area contributed by atoms with Crippen molar-refractivity contribution in [1.29, 1.82) is 0 Å². The Labute approximate surface area is 122 Å². The largest absolute Gasteiger partial charge is 0.497 e. The molecule has 0 fully saturated rings. The predicted molar refractivity (Wildman–Crippen MR) is 78.0 cm³/mol. The topological polar surface area (TPSA) is 108 Å². The molecule has 0 radical (unpaired) electrons. The smallest absolute Gasteiger partial charge is 0.281 e. The van der Waals surface area contributed by atoms with Gasteiger partial charge in [-0.3, -0.25) is 4.72 Å². The summed E-state index contributed by atoms with van der Waals surface area (Å²) in [6, 6.07) is 4.74. The molecule has 0 bridgehead atoms. The number of aromatic nitrogens is 2. The molecule has 0 aliphatic rings. The normalized spacial score (nSPS) is 11.2. The van der Waals surface area contributed by atoms with Crippen LogP contribution in [0.15, 0.2) is 29.6 Å². The van der Waals surface area contributed by atoms with E-state index in [0.29, 0.717) is 11.5 Å². The van der Waals surface area contributed by atoms with Gasteiger partial charge in [-0.05, 0) is 12.1 Å². The van der Waals surface area contributed by atoms with Crippen LogP contribution in [0.2, 0.25) is 0 Å². The molecule has 0 saturated heterocycles. The Hall–Kier alpha value is -2.42.